The molecule has 1 heterocycles. The van der Waals surface area contributed by atoms with E-state index in [9.17, 15) is 10.1 Å². The number of nitrogens with zero attached hydrogens (tertiary/aromatic N) is 2. The van der Waals surface area contributed by atoms with Gasteiger partial charge in [0.15, 0.2) is 11.5 Å². The fourth-order valence-corrected chi connectivity index (χ4v) is 2.02. The van der Waals surface area contributed by atoms with Gasteiger partial charge < -0.3 is 14.2 Å². The van der Waals surface area contributed by atoms with Crippen LogP contribution in [-0.4, -0.2) is 25.0 Å². The SMILES string of the molecule is COc1cc2c(cc1C=Nc1ccc([N+](=O)[O-])cc1)OCO2. The van der Waals surface area contributed by atoms with Gasteiger partial charge in [0.2, 0.25) is 6.79 Å². The lowest BCUT2D eigenvalue weighted by Crippen LogP contribution is -1.92. The third-order valence-electron chi connectivity index (χ3n) is 3.14. The van der Waals surface area contributed by atoms with Gasteiger partial charge in [-0.1, -0.05) is 0 Å². The van der Waals surface area contributed by atoms with E-state index >= 15 is 0 Å². The lowest BCUT2D eigenvalue weighted by atomic mass is 10.2. The molecule has 7 heteroatoms. The van der Waals surface area contributed by atoms with Crippen molar-refractivity contribution in [1.82, 2.24) is 0 Å². The van der Waals surface area contributed by atoms with Gasteiger partial charge in [-0.3, -0.25) is 15.1 Å². The van der Waals surface area contributed by atoms with Crippen LogP contribution in [0, 0.1) is 10.1 Å². The summed E-state index contributed by atoms with van der Waals surface area (Å²) in [6, 6.07) is 9.48. The standard InChI is InChI=1S/C15H12N2O5/c1-20-13-7-15-14(21-9-22-15)6-10(13)8-16-11-2-4-12(5-3-11)17(18)19/h2-8H,9H2,1H3. The molecule has 112 valence electrons. The number of ether oxygens (including phenoxy) is 3. The van der Waals surface area contributed by atoms with Crippen LogP contribution in [0.4, 0.5) is 11.4 Å². The van der Waals surface area contributed by atoms with Crippen molar-refractivity contribution in [3.8, 4) is 17.2 Å². The molecule has 0 radical (unpaired) electrons. The Morgan fingerprint density at radius 2 is 1.91 bits per heavy atom. The van der Waals surface area contributed by atoms with Crippen molar-refractivity contribution in [3.63, 3.8) is 0 Å². The summed E-state index contributed by atoms with van der Waals surface area (Å²) in [4.78, 5) is 14.4. The summed E-state index contributed by atoms with van der Waals surface area (Å²) in [5, 5.41) is 10.6. The summed E-state index contributed by atoms with van der Waals surface area (Å²) in [5.41, 5.74) is 1.36. The molecule has 0 bridgehead atoms. The van der Waals surface area contributed by atoms with Gasteiger partial charge in [0, 0.05) is 30.0 Å². The molecule has 0 spiro atoms. The highest BCUT2D eigenvalue weighted by Gasteiger charge is 2.16. The second-order valence-electron chi connectivity index (χ2n) is 4.48. The Bertz CT molecular complexity index is 740. The van der Waals surface area contributed by atoms with E-state index in [0.29, 0.717) is 22.9 Å². The maximum Gasteiger partial charge on any atom is 0.269 e. The summed E-state index contributed by atoms with van der Waals surface area (Å²) in [6.07, 6.45) is 1.61. The van der Waals surface area contributed by atoms with Gasteiger partial charge in [-0.2, -0.15) is 0 Å². The fourth-order valence-electron chi connectivity index (χ4n) is 2.02. The first kappa shape index (κ1) is 13.9. The number of aliphatic imine (C=N–C) groups is 1. The first-order valence-corrected chi connectivity index (χ1v) is 6.43. The first-order chi connectivity index (χ1) is 10.7. The number of non-ortho nitro benzene ring substituents is 1. The molecule has 22 heavy (non-hydrogen) atoms. The molecular formula is C15H12N2O5. The lowest BCUT2D eigenvalue weighted by molar-refractivity contribution is -0.384. The number of benzene rings is 2. The Morgan fingerprint density at radius 1 is 1.23 bits per heavy atom. The van der Waals surface area contributed by atoms with Crippen LogP contribution in [0.25, 0.3) is 0 Å². The molecular weight excluding hydrogens is 288 g/mol. The summed E-state index contributed by atoms with van der Waals surface area (Å²) >= 11 is 0. The van der Waals surface area contributed by atoms with Gasteiger partial charge in [0.25, 0.3) is 5.69 Å². The average Bonchev–Trinajstić information content (AvgIpc) is 2.99. The second kappa shape index (κ2) is 5.72. The van der Waals surface area contributed by atoms with Crippen LogP contribution in [0.15, 0.2) is 41.4 Å². The van der Waals surface area contributed by atoms with E-state index in [1.54, 1.807) is 37.6 Å². The molecule has 2 aromatic rings. The highest BCUT2D eigenvalue weighted by molar-refractivity contribution is 5.87. The van der Waals surface area contributed by atoms with Crippen molar-refractivity contribution in [2.45, 2.75) is 0 Å². The second-order valence-corrected chi connectivity index (χ2v) is 4.48. The molecule has 0 amide bonds. The van der Waals surface area contributed by atoms with Crippen molar-refractivity contribution >= 4 is 17.6 Å². The predicted molar refractivity (Wildman–Crippen MR) is 79.5 cm³/mol. The Hall–Kier alpha value is -3.09. The zero-order valence-electron chi connectivity index (χ0n) is 11.7. The monoisotopic (exact) mass is 300 g/mol. The normalized spacial score (nSPS) is 12.6. The summed E-state index contributed by atoms with van der Waals surface area (Å²) in [7, 11) is 1.56. The molecule has 0 saturated carbocycles. The van der Waals surface area contributed by atoms with E-state index in [0.717, 1.165) is 5.56 Å². The first-order valence-electron chi connectivity index (χ1n) is 6.43. The summed E-state index contributed by atoms with van der Waals surface area (Å²) in [6.45, 7) is 0.182. The Labute approximate surface area is 125 Å². The van der Waals surface area contributed by atoms with Crippen LogP contribution in [-0.2, 0) is 0 Å². The average molecular weight is 300 g/mol. The number of hydrogen-bond acceptors (Lipinski definition) is 6. The quantitative estimate of drug-likeness (QED) is 0.492. The van der Waals surface area contributed by atoms with Crippen molar-refractivity contribution in [2.24, 2.45) is 4.99 Å². The van der Waals surface area contributed by atoms with Crippen LogP contribution < -0.4 is 14.2 Å². The van der Waals surface area contributed by atoms with Crippen molar-refractivity contribution < 1.29 is 19.1 Å². The maximum atomic E-state index is 10.6. The van der Waals surface area contributed by atoms with Gasteiger partial charge in [0.05, 0.1) is 17.7 Å². The van der Waals surface area contributed by atoms with Crippen LogP contribution in [0.2, 0.25) is 0 Å². The minimum atomic E-state index is -0.450. The van der Waals surface area contributed by atoms with Gasteiger partial charge in [-0.25, -0.2) is 0 Å². The Morgan fingerprint density at radius 3 is 2.55 bits per heavy atom. The number of nitro benzene ring substituents is 1. The number of fused-ring (bicyclic) bond motifs is 1. The van der Waals surface area contributed by atoms with E-state index in [1.165, 1.54) is 12.1 Å². The van der Waals surface area contributed by atoms with Crippen LogP contribution >= 0.6 is 0 Å². The van der Waals surface area contributed by atoms with Crippen molar-refractivity contribution in [1.29, 1.82) is 0 Å². The van der Waals surface area contributed by atoms with E-state index in [1.807, 2.05) is 0 Å². The number of nitro groups is 1. The number of hydrogen-bond donors (Lipinski definition) is 0. The van der Waals surface area contributed by atoms with Gasteiger partial charge >= 0.3 is 0 Å². The van der Waals surface area contributed by atoms with E-state index in [4.69, 9.17) is 14.2 Å². The van der Waals surface area contributed by atoms with Gasteiger partial charge in [-0.05, 0) is 18.2 Å². The van der Waals surface area contributed by atoms with Crippen LogP contribution in [0.5, 0.6) is 17.2 Å². The zero-order chi connectivity index (χ0) is 15.5. The van der Waals surface area contributed by atoms with Crippen LogP contribution in [0.1, 0.15) is 5.56 Å². The molecule has 0 atom stereocenters. The molecule has 0 aromatic heterocycles. The molecule has 0 unspecified atom stereocenters. The van der Waals surface area contributed by atoms with E-state index in [-0.39, 0.29) is 12.5 Å². The Kier molecular flexibility index (Phi) is 3.61. The van der Waals surface area contributed by atoms with Crippen molar-refractivity contribution in [3.05, 3.63) is 52.1 Å². The largest absolute Gasteiger partial charge is 0.496 e. The summed E-state index contributed by atoms with van der Waals surface area (Å²) < 4.78 is 15.9. The minimum Gasteiger partial charge on any atom is -0.496 e. The predicted octanol–water partition coefficient (Wildman–Crippen LogP) is 3.08. The van der Waals surface area contributed by atoms with Gasteiger partial charge in [-0.15, -0.1) is 0 Å². The summed E-state index contributed by atoms with van der Waals surface area (Å²) in [5.74, 6) is 1.87. The molecule has 0 saturated heterocycles. The zero-order valence-corrected chi connectivity index (χ0v) is 11.7. The molecule has 0 fully saturated rings. The molecule has 3 rings (SSSR count). The maximum absolute atomic E-state index is 10.6. The molecule has 1 aliphatic rings. The molecule has 2 aromatic carbocycles. The molecule has 0 aliphatic carbocycles. The minimum absolute atomic E-state index is 0.0274. The highest BCUT2D eigenvalue weighted by atomic mass is 16.7. The smallest absolute Gasteiger partial charge is 0.269 e. The third kappa shape index (κ3) is 2.69. The molecule has 7 nitrogen and oxygen atoms in total. The van der Waals surface area contributed by atoms with E-state index < -0.39 is 4.92 Å². The lowest BCUT2D eigenvalue weighted by Gasteiger charge is -2.06. The molecule has 0 N–H and O–H groups in total. The van der Waals surface area contributed by atoms with Crippen molar-refractivity contribution in [2.75, 3.05) is 13.9 Å². The number of rotatable bonds is 4. The topological polar surface area (TPSA) is 83.2 Å². The fraction of sp³-hybridized carbons (Fsp3) is 0.133. The third-order valence-corrected chi connectivity index (χ3v) is 3.14. The number of methoxy groups -OCH3 is 1. The van der Waals surface area contributed by atoms with Gasteiger partial charge in [0.1, 0.15) is 5.75 Å². The molecule has 1 aliphatic heterocycles. The van der Waals surface area contributed by atoms with E-state index in [2.05, 4.69) is 4.99 Å². The Balaban J connectivity index is 1.87. The highest BCUT2D eigenvalue weighted by Crippen LogP contribution is 2.37. The van der Waals surface area contributed by atoms with Crippen LogP contribution in [0.3, 0.4) is 0 Å².